The normalized spacial score (nSPS) is 10.2. The van der Waals surface area contributed by atoms with Crippen molar-refractivity contribution in [2.45, 2.75) is 13.8 Å². The van der Waals surface area contributed by atoms with Gasteiger partial charge in [0.15, 0.2) is 0 Å². The Morgan fingerprint density at radius 3 is 2.90 bits per heavy atom. The maximum Gasteiger partial charge on any atom is 0.314 e. The molecule has 21 heavy (non-hydrogen) atoms. The summed E-state index contributed by atoms with van der Waals surface area (Å²) in [5, 5.41) is 13.9. The molecular formula is C13H13FN4O3. The molecule has 0 saturated carbocycles. The minimum absolute atomic E-state index is 0.0694. The molecular weight excluding hydrogens is 279 g/mol. The van der Waals surface area contributed by atoms with Gasteiger partial charge in [-0.2, -0.15) is 9.37 Å². The van der Waals surface area contributed by atoms with Gasteiger partial charge in [0.2, 0.25) is 17.5 Å². The van der Waals surface area contributed by atoms with Gasteiger partial charge in [0.1, 0.15) is 0 Å². The third-order valence-corrected chi connectivity index (χ3v) is 2.64. The number of hydrogen-bond acceptors (Lipinski definition) is 6. The Kier molecular flexibility index (Phi) is 4.27. The predicted octanol–water partition coefficient (Wildman–Crippen LogP) is 3.06. The van der Waals surface area contributed by atoms with E-state index < -0.39 is 10.7 Å². The lowest BCUT2D eigenvalue weighted by molar-refractivity contribution is -0.386. The van der Waals surface area contributed by atoms with E-state index in [0.29, 0.717) is 12.1 Å². The van der Waals surface area contributed by atoms with Crippen LogP contribution in [-0.2, 0) is 0 Å². The van der Waals surface area contributed by atoms with Crippen molar-refractivity contribution in [2.24, 2.45) is 0 Å². The van der Waals surface area contributed by atoms with Crippen molar-refractivity contribution in [1.82, 2.24) is 9.97 Å². The molecule has 8 heteroatoms. The van der Waals surface area contributed by atoms with Crippen molar-refractivity contribution in [1.29, 1.82) is 0 Å². The van der Waals surface area contributed by atoms with Crippen molar-refractivity contribution >= 4 is 11.6 Å². The quantitative estimate of drug-likeness (QED) is 0.672. The van der Waals surface area contributed by atoms with Crippen LogP contribution in [0.1, 0.15) is 12.5 Å². The summed E-state index contributed by atoms with van der Waals surface area (Å²) >= 11 is 0. The average molecular weight is 292 g/mol. The van der Waals surface area contributed by atoms with E-state index in [1.54, 1.807) is 19.1 Å². The number of nitro groups is 1. The lowest BCUT2D eigenvalue weighted by atomic mass is 10.2. The number of halogens is 1. The molecule has 1 aromatic heterocycles. The van der Waals surface area contributed by atoms with E-state index in [0.717, 1.165) is 6.20 Å². The van der Waals surface area contributed by atoms with E-state index in [1.165, 1.54) is 6.07 Å². The van der Waals surface area contributed by atoms with Crippen molar-refractivity contribution in [2.75, 3.05) is 11.9 Å². The summed E-state index contributed by atoms with van der Waals surface area (Å²) in [5.41, 5.74) is 0.194. The first-order chi connectivity index (χ1) is 10.0. The van der Waals surface area contributed by atoms with Crippen LogP contribution in [-0.4, -0.2) is 21.4 Å². The van der Waals surface area contributed by atoms with Crippen molar-refractivity contribution in [3.8, 4) is 11.6 Å². The van der Waals surface area contributed by atoms with Gasteiger partial charge in [-0.15, -0.1) is 0 Å². The molecule has 0 radical (unpaired) electrons. The van der Waals surface area contributed by atoms with Crippen LogP contribution < -0.4 is 10.1 Å². The smallest absolute Gasteiger partial charge is 0.314 e. The summed E-state index contributed by atoms with van der Waals surface area (Å²) in [5.74, 6) is -1.05. The van der Waals surface area contributed by atoms with Crippen molar-refractivity contribution < 1.29 is 14.1 Å². The summed E-state index contributed by atoms with van der Waals surface area (Å²) in [6.45, 7) is 3.96. The number of aryl methyl sites for hydroxylation is 1. The van der Waals surface area contributed by atoms with Crippen LogP contribution in [0, 0.1) is 22.9 Å². The fourth-order valence-corrected chi connectivity index (χ4v) is 1.72. The Bertz CT molecular complexity index is 678. The zero-order valence-electron chi connectivity index (χ0n) is 11.5. The lowest BCUT2D eigenvalue weighted by Crippen LogP contribution is -2.05. The first-order valence-corrected chi connectivity index (χ1v) is 6.21. The third-order valence-electron chi connectivity index (χ3n) is 2.64. The van der Waals surface area contributed by atoms with Crippen molar-refractivity contribution in [3.63, 3.8) is 0 Å². The Hall–Kier alpha value is -2.77. The Morgan fingerprint density at radius 2 is 2.24 bits per heavy atom. The Balaban J connectivity index is 2.41. The van der Waals surface area contributed by atoms with E-state index in [-0.39, 0.29) is 23.3 Å². The van der Waals surface area contributed by atoms with Gasteiger partial charge in [-0.05, 0) is 19.9 Å². The van der Waals surface area contributed by atoms with Crippen LogP contribution in [0.5, 0.6) is 11.6 Å². The van der Waals surface area contributed by atoms with Crippen LogP contribution in [0.2, 0.25) is 0 Å². The van der Waals surface area contributed by atoms with E-state index in [9.17, 15) is 14.5 Å². The highest BCUT2D eigenvalue weighted by Gasteiger charge is 2.20. The van der Waals surface area contributed by atoms with Gasteiger partial charge in [-0.25, -0.2) is 4.98 Å². The first-order valence-electron chi connectivity index (χ1n) is 6.21. The maximum atomic E-state index is 13.7. The number of benzene rings is 1. The van der Waals surface area contributed by atoms with Crippen LogP contribution in [0.3, 0.4) is 0 Å². The SMILES string of the molecule is CCNc1ncc(F)c(Oc2cccc(C)c2[N+](=O)[O-])n1. The highest BCUT2D eigenvalue weighted by Crippen LogP contribution is 2.34. The van der Waals surface area contributed by atoms with Gasteiger partial charge in [0.25, 0.3) is 5.88 Å². The molecule has 7 nitrogen and oxygen atoms in total. The fraction of sp³-hybridized carbons (Fsp3) is 0.231. The second kappa shape index (κ2) is 6.12. The van der Waals surface area contributed by atoms with Crippen molar-refractivity contribution in [3.05, 3.63) is 45.9 Å². The number of nitrogens with zero attached hydrogens (tertiary/aromatic N) is 3. The number of rotatable bonds is 5. The Labute approximate surface area is 120 Å². The van der Waals surface area contributed by atoms with Crippen LogP contribution in [0.15, 0.2) is 24.4 Å². The molecule has 0 atom stereocenters. The number of nitrogens with one attached hydrogen (secondary N) is 1. The molecule has 0 aliphatic rings. The number of para-hydroxylation sites is 1. The minimum Gasteiger partial charge on any atom is -0.429 e. The predicted molar refractivity (Wildman–Crippen MR) is 74.1 cm³/mol. The molecule has 1 N–H and O–H groups in total. The minimum atomic E-state index is -0.799. The molecule has 0 unspecified atom stereocenters. The molecule has 110 valence electrons. The summed E-state index contributed by atoms with van der Waals surface area (Å²) < 4.78 is 18.9. The maximum absolute atomic E-state index is 13.7. The number of nitro benzene ring substituents is 1. The molecule has 0 saturated heterocycles. The van der Waals surface area contributed by atoms with Gasteiger partial charge in [-0.3, -0.25) is 10.1 Å². The second-order valence-electron chi connectivity index (χ2n) is 4.16. The molecule has 0 aliphatic carbocycles. The molecule has 2 aromatic rings. The van der Waals surface area contributed by atoms with E-state index in [1.807, 2.05) is 6.92 Å². The zero-order chi connectivity index (χ0) is 15.4. The zero-order valence-corrected chi connectivity index (χ0v) is 11.5. The standard InChI is InChI=1S/C13H13FN4O3/c1-3-15-13-16-7-9(14)12(17-13)21-10-6-4-5-8(2)11(10)18(19)20/h4-7H,3H2,1-2H3,(H,15,16,17). The lowest BCUT2D eigenvalue weighted by Gasteiger charge is -2.09. The van der Waals surface area contributed by atoms with Gasteiger partial charge in [0.05, 0.1) is 11.1 Å². The third kappa shape index (κ3) is 3.22. The molecule has 0 bridgehead atoms. The molecule has 2 rings (SSSR count). The van der Waals surface area contributed by atoms with Crippen LogP contribution in [0.25, 0.3) is 0 Å². The average Bonchev–Trinajstić information content (AvgIpc) is 2.42. The van der Waals surface area contributed by atoms with Gasteiger partial charge in [-0.1, -0.05) is 12.1 Å². The first kappa shape index (κ1) is 14.6. The van der Waals surface area contributed by atoms with E-state index >= 15 is 0 Å². The number of ether oxygens (including phenoxy) is 1. The summed E-state index contributed by atoms with van der Waals surface area (Å²) in [4.78, 5) is 18.1. The number of aromatic nitrogens is 2. The molecule has 0 aliphatic heterocycles. The largest absolute Gasteiger partial charge is 0.429 e. The van der Waals surface area contributed by atoms with Crippen LogP contribution >= 0.6 is 0 Å². The van der Waals surface area contributed by atoms with Gasteiger partial charge in [0, 0.05) is 12.1 Å². The Morgan fingerprint density at radius 1 is 1.48 bits per heavy atom. The second-order valence-corrected chi connectivity index (χ2v) is 4.16. The van der Waals surface area contributed by atoms with Gasteiger partial charge >= 0.3 is 5.69 Å². The van der Waals surface area contributed by atoms with Crippen LogP contribution in [0.4, 0.5) is 16.0 Å². The molecule has 0 amide bonds. The highest BCUT2D eigenvalue weighted by molar-refractivity contribution is 5.53. The molecule has 1 heterocycles. The summed E-state index contributed by atoms with van der Waals surface area (Å²) in [7, 11) is 0. The highest BCUT2D eigenvalue weighted by atomic mass is 19.1. The number of hydrogen-bond donors (Lipinski definition) is 1. The summed E-state index contributed by atoms with van der Waals surface area (Å²) in [6.07, 6.45) is 0.946. The molecule has 0 spiro atoms. The topological polar surface area (TPSA) is 90.2 Å². The van der Waals surface area contributed by atoms with E-state index in [4.69, 9.17) is 4.74 Å². The molecule has 0 fully saturated rings. The molecule has 1 aromatic carbocycles. The summed E-state index contributed by atoms with van der Waals surface area (Å²) in [6, 6.07) is 4.55. The fourth-order valence-electron chi connectivity index (χ4n) is 1.72. The number of anilines is 1. The van der Waals surface area contributed by atoms with E-state index in [2.05, 4.69) is 15.3 Å². The van der Waals surface area contributed by atoms with Gasteiger partial charge < -0.3 is 10.1 Å². The monoisotopic (exact) mass is 292 g/mol.